The molecule has 0 aliphatic rings. The van der Waals surface area contributed by atoms with E-state index in [9.17, 15) is 4.79 Å². The number of furan rings is 1. The van der Waals surface area contributed by atoms with E-state index in [1.807, 2.05) is 37.3 Å². The van der Waals surface area contributed by atoms with Crippen LogP contribution in [0.1, 0.15) is 23.9 Å². The molecule has 0 amide bonds. The van der Waals surface area contributed by atoms with Crippen LogP contribution < -0.4 is 0 Å². The van der Waals surface area contributed by atoms with Gasteiger partial charge in [-0.2, -0.15) is 0 Å². The maximum Gasteiger partial charge on any atom is 0.197 e. The van der Waals surface area contributed by atoms with Crippen LogP contribution >= 0.6 is 0 Å². The number of hydrogen-bond acceptors (Lipinski definition) is 2. The summed E-state index contributed by atoms with van der Waals surface area (Å²) in [5.74, 6) is 1.21. The van der Waals surface area contributed by atoms with Crippen molar-refractivity contribution in [1.29, 1.82) is 0 Å². The molecule has 0 aliphatic heterocycles. The van der Waals surface area contributed by atoms with E-state index in [4.69, 9.17) is 4.42 Å². The van der Waals surface area contributed by atoms with Crippen molar-refractivity contribution in [2.75, 3.05) is 0 Å². The number of carbonyl (C=O) groups excluding carboxylic acids is 1. The lowest BCUT2D eigenvalue weighted by Crippen LogP contribution is -1.92. The van der Waals surface area contributed by atoms with Crippen LogP contribution in [0.3, 0.4) is 0 Å². The molecule has 2 aromatic carbocycles. The fraction of sp³-hybridized carbons (Fsp3) is 0.118. The lowest BCUT2D eigenvalue weighted by molar-refractivity contribution is 0.0962. The molecule has 0 aliphatic carbocycles. The summed E-state index contributed by atoms with van der Waals surface area (Å²) < 4.78 is 5.68. The number of Topliss-reactive ketones (excluding diaryl/α,β-unsaturated/α-hetero) is 1. The van der Waals surface area contributed by atoms with E-state index < -0.39 is 0 Å². The Morgan fingerprint density at radius 1 is 1.00 bits per heavy atom. The first-order chi connectivity index (χ1) is 9.29. The first-order valence-electron chi connectivity index (χ1n) is 6.41. The van der Waals surface area contributed by atoms with E-state index in [0.717, 1.165) is 16.7 Å². The van der Waals surface area contributed by atoms with Gasteiger partial charge >= 0.3 is 0 Å². The molecule has 0 bridgehead atoms. The Bertz CT molecular complexity index is 732. The highest BCUT2D eigenvalue weighted by atomic mass is 16.3. The number of hydrogen-bond donors (Lipinski definition) is 0. The lowest BCUT2D eigenvalue weighted by atomic mass is 10.0. The highest BCUT2D eigenvalue weighted by Gasteiger charge is 2.11. The van der Waals surface area contributed by atoms with Crippen molar-refractivity contribution in [1.82, 2.24) is 0 Å². The van der Waals surface area contributed by atoms with Gasteiger partial charge in [-0.25, -0.2) is 0 Å². The highest BCUT2D eigenvalue weighted by Crippen LogP contribution is 2.30. The standard InChI is InChI=1S/C17H14O2/c1-2-15(18)17-11-10-16(19-17)14-9-5-7-12-6-3-4-8-13(12)14/h3-11H,2H2,1H3. The zero-order chi connectivity index (χ0) is 13.2. The molecular formula is C17H14O2. The van der Waals surface area contributed by atoms with Gasteiger partial charge in [-0.15, -0.1) is 0 Å². The van der Waals surface area contributed by atoms with Crippen molar-refractivity contribution in [2.24, 2.45) is 0 Å². The van der Waals surface area contributed by atoms with Crippen LogP contribution in [0.15, 0.2) is 59.0 Å². The molecule has 1 heterocycles. The summed E-state index contributed by atoms with van der Waals surface area (Å²) in [4.78, 5) is 11.6. The molecule has 3 aromatic rings. The third-order valence-electron chi connectivity index (χ3n) is 3.26. The summed E-state index contributed by atoms with van der Waals surface area (Å²) in [7, 11) is 0. The fourth-order valence-electron chi connectivity index (χ4n) is 2.25. The van der Waals surface area contributed by atoms with Crippen LogP contribution in [0.25, 0.3) is 22.1 Å². The molecule has 1 aromatic heterocycles. The maximum absolute atomic E-state index is 11.6. The molecule has 0 N–H and O–H groups in total. The summed E-state index contributed by atoms with van der Waals surface area (Å²) in [6.07, 6.45) is 0.461. The second-order valence-electron chi connectivity index (χ2n) is 4.47. The Kier molecular flexibility index (Phi) is 2.92. The summed E-state index contributed by atoms with van der Waals surface area (Å²) in [6.45, 7) is 1.84. The smallest absolute Gasteiger partial charge is 0.197 e. The molecule has 0 spiro atoms. The second-order valence-corrected chi connectivity index (χ2v) is 4.47. The monoisotopic (exact) mass is 250 g/mol. The minimum atomic E-state index is 0.0338. The number of fused-ring (bicyclic) bond motifs is 1. The zero-order valence-electron chi connectivity index (χ0n) is 10.7. The Morgan fingerprint density at radius 3 is 2.63 bits per heavy atom. The molecule has 0 fully saturated rings. The molecule has 0 atom stereocenters. The molecule has 94 valence electrons. The molecule has 2 nitrogen and oxygen atoms in total. The Morgan fingerprint density at radius 2 is 1.79 bits per heavy atom. The van der Waals surface area contributed by atoms with Gasteiger partial charge < -0.3 is 4.42 Å². The predicted octanol–water partition coefficient (Wildman–Crippen LogP) is 4.69. The van der Waals surface area contributed by atoms with Crippen LogP contribution in [0.5, 0.6) is 0 Å². The van der Waals surface area contributed by atoms with Crippen molar-refractivity contribution in [3.8, 4) is 11.3 Å². The second kappa shape index (κ2) is 4.73. The van der Waals surface area contributed by atoms with Crippen molar-refractivity contribution in [3.63, 3.8) is 0 Å². The Balaban J connectivity index is 2.14. The number of carbonyl (C=O) groups is 1. The van der Waals surface area contributed by atoms with Crippen LogP contribution in [0.2, 0.25) is 0 Å². The van der Waals surface area contributed by atoms with E-state index in [0.29, 0.717) is 12.2 Å². The van der Waals surface area contributed by atoms with Gasteiger partial charge in [0.1, 0.15) is 5.76 Å². The van der Waals surface area contributed by atoms with Crippen molar-refractivity contribution in [2.45, 2.75) is 13.3 Å². The van der Waals surface area contributed by atoms with Crippen molar-refractivity contribution < 1.29 is 9.21 Å². The fourth-order valence-corrected chi connectivity index (χ4v) is 2.25. The van der Waals surface area contributed by atoms with E-state index in [1.165, 1.54) is 5.39 Å². The van der Waals surface area contributed by atoms with E-state index in [2.05, 4.69) is 18.2 Å². The summed E-state index contributed by atoms with van der Waals surface area (Å²) in [5, 5.41) is 2.30. The molecule has 0 saturated heterocycles. The number of ketones is 1. The summed E-state index contributed by atoms with van der Waals surface area (Å²) >= 11 is 0. The molecule has 0 unspecified atom stereocenters. The van der Waals surface area contributed by atoms with Gasteiger partial charge in [0.05, 0.1) is 0 Å². The minimum absolute atomic E-state index is 0.0338. The SMILES string of the molecule is CCC(=O)c1ccc(-c2cccc3ccccc23)o1. The largest absolute Gasteiger partial charge is 0.453 e. The molecule has 19 heavy (non-hydrogen) atoms. The third-order valence-corrected chi connectivity index (χ3v) is 3.26. The van der Waals surface area contributed by atoms with Gasteiger partial charge in [0, 0.05) is 12.0 Å². The summed E-state index contributed by atoms with van der Waals surface area (Å²) in [5.41, 5.74) is 1.02. The van der Waals surface area contributed by atoms with Gasteiger partial charge in [-0.3, -0.25) is 4.79 Å². The van der Waals surface area contributed by atoms with Crippen LogP contribution in [-0.2, 0) is 0 Å². The van der Waals surface area contributed by atoms with Crippen molar-refractivity contribution in [3.05, 3.63) is 60.4 Å². The molecule has 3 rings (SSSR count). The van der Waals surface area contributed by atoms with E-state index in [1.54, 1.807) is 6.07 Å². The quantitative estimate of drug-likeness (QED) is 0.631. The van der Waals surface area contributed by atoms with E-state index in [-0.39, 0.29) is 5.78 Å². The molecule has 0 radical (unpaired) electrons. The van der Waals surface area contributed by atoms with Crippen LogP contribution in [0, 0.1) is 0 Å². The maximum atomic E-state index is 11.6. The topological polar surface area (TPSA) is 30.2 Å². The van der Waals surface area contributed by atoms with E-state index >= 15 is 0 Å². The average Bonchev–Trinajstić information content (AvgIpc) is 2.95. The van der Waals surface area contributed by atoms with Gasteiger partial charge in [0.15, 0.2) is 11.5 Å². The minimum Gasteiger partial charge on any atom is -0.453 e. The first-order valence-corrected chi connectivity index (χ1v) is 6.41. The van der Waals surface area contributed by atoms with Crippen LogP contribution in [0.4, 0.5) is 0 Å². The zero-order valence-corrected chi connectivity index (χ0v) is 10.7. The third kappa shape index (κ3) is 2.06. The average molecular weight is 250 g/mol. The normalized spacial score (nSPS) is 10.8. The lowest BCUT2D eigenvalue weighted by Gasteiger charge is -2.03. The van der Waals surface area contributed by atoms with Crippen molar-refractivity contribution >= 4 is 16.6 Å². The Hall–Kier alpha value is -2.35. The van der Waals surface area contributed by atoms with Gasteiger partial charge in [0.25, 0.3) is 0 Å². The highest BCUT2D eigenvalue weighted by molar-refractivity contribution is 5.97. The van der Waals surface area contributed by atoms with Gasteiger partial charge in [-0.05, 0) is 22.9 Å². The summed E-state index contributed by atoms with van der Waals surface area (Å²) in [6, 6.07) is 17.9. The molecule has 2 heteroatoms. The number of rotatable bonds is 3. The van der Waals surface area contributed by atoms with Gasteiger partial charge in [-0.1, -0.05) is 49.4 Å². The Labute approximate surface area is 111 Å². The predicted molar refractivity (Wildman–Crippen MR) is 76.3 cm³/mol. The van der Waals surface area contributed by atoms with Gasteiger partial charge in [0.2, 0.25) is 0 Å². The molecular weight excluding hydrogens is 236 g/mol. The first kappa shape index (κ1) is 11.7. The molecule has 0 saturated carbocycles. The number of benzene rings is 2. The van der Waals surface area contributed by atoms with Crippen LogP contribution in [-0.4, -0.2) is 5.78 Å².